The van der Waals surface area contributed by atoms with Crippen LogP contribution in [0.15, 0.2) is 24.3 Å². The Morgan fingerprint density at radius 1 is 1.20 bits per heavy atom. The second-order valence-corrected chi connectivity index (χ2v) is 5.67. The summed E-state index contributed by atoms with van der Waals surface area (Å²) in [6.07, 6.45) is 2.75. The number of piperazine rings is 1. The average molecular weight is 274 g/mol. The van der Waals surface area contributed by atoms with Gasteiger partial charge in [-0.2, -0.15) is 0 Å². The molecule has 108 valence electrons. The lowest BCUT2D eigenvalue weighted by Gasteiger charge is -2.35. The van der Waals surface area contributed by atoms with Crippen molar-refractivity contribution in [2.45, 2.75) is 25.4 Å². The van der Waals surface area contributed by atoms with Crippen LogP contribution >= 0.6 is 0 Å². The van der Waals surface area contributed by atoms with Gasteiger partial charge in [0, 0.05) is 44.3 Å². The van der Waals surface area contributed by atoms with E-state index in [0.29, 0.717) is 5.56 Å². The van der Waals surface area contributed by atoms with Crippen LogP contribution in [0.5, 0.6) is 0 Å². The van der Waals surface area contributed by atoms with E-state index >= 15 is 0 Å². The summed E-state index contributed by atoms with van der Waals surface area (Å²) in [6.45, 7) is 5.28. The Balaban J connectivity index is 1.62. The van der Waals surface area contributed by atoms with Crippen LogP contribution in [0.2, 0.25) is 0 Å². The topological polar surface area (TPSA) is 61.6 Å². The van der Waals surface area contributed by atoms with E-state index < -0.39 is 0 Å². The van der Waals surface area contributed by atoms with Crippen molar-refractivity contribution in [2.24, 2.45) is 5.84 Å². The highest BCUT2D eigenvalue weighted by molar-refractivity contribution is 5.95. The Bertz CT molecular complexity index is 479. The van der Waals surface area contributed by atoms with Gasteiger partial charge in [0.1, 0.15) is 0 Å². The number of carbonyl (C=O) groups excluding carboxylic acids is 1. The molecule has 5 nitrogen and oxygen atoms in total. The van der Waals surface area contributed by atoms with Crippen molar-refractivity contribution < 1.29 is 4.79 Å². The molecule has 3 rings (SSSR count). The summed E-state index contributed by atoms with van der Waals surface area (Å²) in [6, 6.07) is 8.55. The van der Waals surface area contributed by atoms with Gasteiger partial charge in [0.15, 0.2) is 0 Å². The standard InChI is InChI=1S/C15H22N4O/c16-17-15(20)14-4-2-1-3-12(14)11-18-7-9-19(10-8-18)13-5-6-13/h1-4,13H,5-11,16H2,(H,17,20). The molecule has 2 aliphatic rings. The van der Waals surface area contributed by atoms with E-state index in [1.54, 1.807) is 0 Å². The SMILES string of the molecule is NNC(=O)c1ccccc1CN1CCN(C2CC2)CC1. The summed E-state index contributed by atoms with van der Waals surface area (Å²) in [7, 11) is 0. The fourth-order valence-electron chi connectivity index (χ4n) is 2.92. The molecule has 1 aromatic rings. The van der Waals surface area contributed by atoms with Crippen molar-refractivity contribution in [1.82, 2.24) is 15.2 Å². The first-order valence-corrected chi connectivity index (χ1v) is 7.33. The third-order valence-electron chi connectivity index (χ3n) is 4.26. The van der Waals surface area contributed by atoms with Gasteiger partial charge in [0.25, 0.3) is 5.91 Å². The molecule has 1 aliphatic carbocycles. The van der Waals surface area contributed by atoms with Crippen LogP contribution < -0.4 is 11.3 Å². The number of carbonyl (C=O) groups is 1. The first-order valence-electron chi connectivity index (χ1n) is 7.33. The number of hydrogen-bond acceptors (Lipinski definition) is 4. The van der Waals surface area contributed by atoms with Gasteiger partial charge >= 0.3 is 0 Å². The molecule has 2 fully saturated rings. The van der Waals surface area contributed by atoms with Crippen LogP contribution in [0.1, 0.15) is 28.8 Å². The molecule has 20 heavy (non-hydrogen) atoms. The summed E-state index contributed by atoms with van der Waals surface area (Å²) < 4.78 is 0. The van der Waals surface area contributed by atoms with Gasteiger partial charge < -0.3 is 0 Å². The van der Waals surface area contributed by atoms with Gasteiger partial charge in [-0.1, -0.05) is 18.2 Å². The summed E-state index contributed by atoms with van der Waals surface area (Å²) in [5.74, 6) is 5.03. The van der Waals surface area contributed by atoms with Crippen molar-refractivity contribution in [3.8, 4) is 0 Å². The lowest BCUT2D eigenvalue weighted by atomic mass is 10.1. The quantitative estimate of drug-likeness (QED) is 0.479. The number of nitrogens with one attached hydrogen (secondary N) is 1. The highest BCUT2D eigenvalue weighted by Gasteiger charge is 2.31. The van der Waals surface area contributed by atoms with Crippen LogP contribution in [0.4, 0.5) is 0 Å². The molecule has 1 saturated heterocycles. The molecule has 1 aromatic carbocycles. The van der Waals surface area contributed by atoms with Gasteiger partial charge in [0.05, 0.1) is 0 Å². The molecule has 1 amide bonds. The highest BCUT2D eigenvalue weighted by atomic mass is 16.2. The van der Waals surface area contributed by atoms with Crippen LogP contribution in [-0.2, 0) is 6.54 Å². The Hall–Kier alpha value is -1.43. The molecule has 1 heterocycles. The number of amides is 1. The molecular weight excluding hydrogens is 252 g/mol. The van der Waals surface area contributed by atoms with Crippen molar-refractivity contribution in [2.75, 3.05) is 26.2 Å². The Kier molecular flexibility index (Phi) is 4.00. The van der Waals surface area contributed by atoms with Gasteiger partial charge in [-0.15, -0.1) is 0 Å². The zero-order chi connectivity index (χ0) is 13.9. The molecule has 1 saturated carbocycles. The minimum Gasteiger partial charge on any atom is -0.298 e. The normalized spacial score (nSPS) is 20.9. The van der Waals surface area contributed by atoms with Gasteiger partial charge in [-0.3, -0.25) is 20.0 Å². The third kappa shape index (κ3) is 3.00. The van der Waals surface area contributed by atoms with Crippen molar-refractivity contribution in [1.29, 1.82) is 0 Å². The molecule has 3 N–H and O–H groups in total. The summed E-state index contributed by atoms with van der Waals surface area (Å²) in [4.78, 5) is 16.8. The number of nitrogen functional groups attached to an aromatic ring is 1. The molecular formula is C15H22N4O. The maximum Gasteiger partial charge on any atom is 0.265 e. The second kappa shape index (κ2) is 5.91. The Morgan fingerprint density at radius 2 is 1.90 bits per heavy atom. The first-order chi connectivity index (χ1) is 9.78. The Morgan fingerprint density at radius 3 is 2.55 bits per heavy atom. The molecule has 5 heteroatoms. The van der Waals surface area contributed by atoms with Gasteiger partial charge in [-0.25, -0.2) is 5.84 Å². The third-order valence-corrected chi connectivity index (χ3v) is 4.26. The van der Waals surface area contributed by atoms with E-state index in [0.717, 1.165) is 44.3 Å². The van der Waals surface area contributed by atoms with E-state index in [9.17, 15) is 4.79 Å². The molecule has 1 aliphatic heterocycles. The van der Waals surface area contributed by atoms with Gasteiger partial charge in [0.2, 0.25) is 0 Å². The van der Waals surface area contributed by atoms with Gasteiger partial charge in [-0.05, 0) is 24.5 Å². The highest BCUT2D eigenvalue weighted by Crippen LogP contribution is 2.27. The molecule has 0 aromatic heterocycles. The van der Waals surface area contributed by atoms with E-state index in [2.05, 4.69) is 15.2 Å². The first kappa shape index (κ1) is 13.5. The van der Waals surface area contributed by atoms with E-state index in [1.165, 1.54) is 12.8 Å². The Labute approximate surface area is 119 Å². The molecule has 0 radical (unpaired) electrons. The zero-order valence-corrected chi connectivity index (χ0v) is 11.7. The lowest BCUT2D eigenvalue weighted by molar-refractivity contribution is 0.0948. The smallest absolute Gasteiger partial charge is 0.265 e. The fourth-order valence-corrected chi connectivity index (χ4v) is 2.92. The van der Waals surface area contributed by atoms with Crippen LogP contribution in [0.3, 0.4) is 0 Å². The monoisotopic (exact) mass is 274 g/mol. The number of nitrogens with two attached hydrogens (primary N) is 1. The van der Waals surface area contributed by atoms with Crippen LogP contribution in [0, 0.1) is 0 Å². The average Bonchev–Trinajstić information content (AvgIpc) is 3.32. The number of hydrazine groups is 1. The predicted molar refractivity (Wildman–Crippen MR) is 78.0 cm³/mol. The number of nitrogens with zero attached hydrogens (tertiary/aromatic N) is 2. The minimum atomic E-state index is -0.211. The van der Waals surface area contributed by atoms with E-state index in [4.69, 9.17) is 5.84 Å². The molecule has 0 spiro atoms. The van der Waals surface area contributed by atoms with Crippen molar-refractivity contribution >= 4 is 5.91 Å². The van der Waals surface area contributed by atoms with Crippen molar-refractivity contribution in [3.05, 3.63) is 35.4 Å². The predicted octanol–water partition coefficient (Wildman–Crippen LogP) is 0.570. The van der Waals surface area contributed by atoms with E-state index in [1.807, 2.05) is 24.3 Å². The zero-order valence-electron chi connectivity index (χ0n) is 11.7. The number of hydrogen-bond donors (Lipinski definition) is 2. The van der Waals surface area contributed by atoms with Crippen LogP contribution in [-0.4, -0.2) is 47.9 Å². The van der Waals surface area contributed by atoms with Crippen LogP contribution in [0.25, 0.3) is 0 Å². The summed E-state index contributed by atoms with van der Waals surface area (Å²) in [5.41, 5.74) is 3.95. The largest absolute Gasteiger partial charge is 0.298 e. The number of benzene rings is 1. The maximum atomic E-state index is 11.8. The van der Waals surface area contributed by atoms with Crippen molar-refractivity contribution in [3.63, 3.8) is 0 Å². The molecule has 0 unspecified atom stereocenters. The maximum absolute atomic E-state index is 11.8. The fraction of sp³-hybridized carbons (Fsp3) is 0.533. The lowest BCUT2D eigenvalue weighted by Crippen LogP contribution is -2.46. The summed E-state index contributed by atoms with van der Waals surface area (Å²) in [5, 5.41) is 0. The number of rotatable bonds is 4. The van der Waals surface area contributed by atoms with E-state index in [-0.39, 0.29) is 5.91 Å². The summed E-state index contributed by atoms with van der Waals surface area (Å²) >= 11 is 0. The minimum absolute atomic E-state index is 0.211. The molecule has 0 bridgehead atoms. The second-order valence-electron chi connectivity index (χ2n) is 5.67. The molecule has 0 atom stereocenters.